The van der Waals surface area contributed by atoms with Gasteiger partial charge in [-0.3, -0.25) is 0 Å². The van der Waals surface area contributed by atoms with Gasteiger partial charge in [-0.15, -0.1) is 0 Å². The molecule has 1 aromatic rings. The van der Waals surface area contributed by atoms with Crippen molar-refractivity contribution in [1.82, 2.24) is 19.7 Å². The van der Waals surface area contributed by atoms with E-state index in [1.807, 2.05) is 0 Å². The van der Waals surface area contributed by atoms with E-state index in [9.17, 15) is 0 Å². The number of nitrogens with zero attached hydrogens (tertiary/aromatic N) is 4. The van der Waals surface area contributed by atoms with Gasteiger partial charge in [0.05, 0.1) is 18.8 Å². The van der Waals surface area contributed by atoms with Gasteiger partial charge in [-0.05, 0) is 64.6 Å². The zero-order chi connectivity index (χ0) is 18.5. The van der Waals surface area contributed by atoms with Crippen LogP contribution in [0.3, 0.4) is 0 Å². The molecule has 27 heavy (non-hydrogen) atoms. The third-order valence-electron chi connectivity index (χ3n) is 6.53. The molecule has 4 rings (SSSR count). The van der Waals surface area contributed by atoms with E-state index in [2.05, 4.69) is 16.6 Å². The molecular weight excluding hydrogens is 340 g/mol. The summed E-state index contributed by atoms with van der Waals surface area (Å²) in [6.45, 7) is 4.53. The molecule has 6 nitrogen and oxygen atoms in total. The lowest BCUT2D eigenvalue weighted by molar-refractivity contribution is 0.00703. The minimum absolute atomic E-state index is 0.273. The molecule has 0 bridgehead atoms. The number of aromatic nitrogens is 3. The number of hydrogen-bond acceptors (Lipinski definition) is 5. The fraction of sp³-hybridized carbons (Fsp3) is 0.905. The zero-order valence-electron chi connectivity index (χ0n) is 16.9. The molecule has 0 radical (unpaired) electrons. The second-order valence-electron chi connectivity index (χ2n) is 8.78. The fourth-order valence-electron chi connectivity index (χ4n) is 4.79. The molecule has 3 heterocycles. The van der Waals surface area contributed by atoms with Gasteiger partial charge in [0.25, 0.3) is 0 Å². The SMILES string of the molecule is CN1CCC(Cc2nc(COC[C@@H]3CCCO3)n(C3CCCCC3)n2)CC1. The summed E-state index contributed by atoms with van der Waals surface area (Å²) in [4.78, 5) is 7.36. The summed E-state index contributed by atoms with van der Waals surface area (Å²) >= 11 is 0. The number of ether oxygens (including phenoxy) is 2. The summed E-state index contributed by atoms with van der Waals surface area (Å²) < 4.78 is 13.9. The van der Waals surface area contributed by atoms with Crippen molar-refractivity contribution < 1.29 is 9.47 Å². The molecule has 152 valence electrons. The van der Waals surface area contributed by atoms with Crippen LogP contribution in [0.5, 0.6) is 0 Å². The Morgan fingerprint density at radius 3 is 2.59 bits per heavy atom. The monoisotopic (exact) mass is 376 g/mol. The van der Waals surface area contributed by atoms with E-state index in [0.717, 1.165) is 43.4 Å². The van der Waals surface area contributed by atoms with E-state index in [-0.39, 0.29) is 6.10 Å². The van der Waals surface area contributed by atoms with Gasteiger partial charge in [0.2, 0.25) is 0 Å². The first-order chi connectivity index (χ1) is 13.3. The minimum atomic E-state index is 0.273. The van der Waals surface area contributed by atoms with Gasteiger partial charge in [0.1, 0.15) is 6.61 Å². The summed E-state index contributed by atoms with van der Waals surface area (Å²) in [5.74, 6) is 2.79. The van der Waals surface area contributed by atoms with Gasteiger partial charge in [-0.2, -0.15) is 5.10 Å². The molecule has 0 N–H and O–H groups in total. The molecule has 1 aliphatic carbocycles. The van der Waals surface area contributed by atoms with Gasteiger partial charge in [-0.1, -0.05) is 19.3 Å². The second kappa shape index (κ2) is 9.48. The van der Waals surface area contributed by atoms with Crippen molar-refractivity contribution in [3.63, 3.8) is 0 Å². The van der Waals surface area contributed by atoms with E-state index in [4.69, 9.17) is 19.6 Å². The number of rotatable bonds is 7. The maximum atomic E-state index is 6.00. The average Bonchev–Trinajstić information content (AvgIpc) is 3.35. The van der Waals surface area contributed by atoms with Crippen LogP contribution < -0.4 is 0 Å². The normalized spacial score (nSPS) is 26.0. The van der Waals surface area contributed by atoms with E-state index in [0.29, 0.717) is 19.3 Å². The Morgan fingerprint density at radius 2 is 1.85 bits per heavy atom. The van der Waals surface area contributed by atoms with Crippen molar-refractivity contribution in [2.24, 2.45) is 5.92 Å². The molecular formula is C21H36N4O2. The maximum Gasteiger partial charge on any atom is 0.153 e. The standard InChI is InChI=1S/C21H36N4O2/c1-24-11-9-17(10-12-24)14-20-22-21(16-26-15-19-8-5-13-27-19)25(23-20)18-6-3-2-4-7-18/h17-19H,2-16H2,1H3/t19-/m0/s1. The van der Waals surface area contributed by atoms with Crippen LogP contribution in [-0.2, 0) is 22.5 Å². The van der Waals surface area contributed by atoms with Crippen molar-refractivity contribution in [2.75, 3.05) is 33.4 Å². The van der Waals surface area contributed by atoms with E-state index >= 15 is 0 Å². The number of piperidine rings is 1. The van der Waals surface area contributed by atoms with Crippen molar-refractivity contribution in [3.05, 3.63) is 11.6 Å². The molecule has 0 aromatic carbocycles. The zero-order valence-corrected chi connectivity index (χ0v) is 16.9. The highest BCUT2D eigenvalue weighted by atomic mass is 16.5. The summed E-state index contributed by atoms with van der Waals surface area (Å²) in [6.07, 6.45) is 12.5. The highest BCUT2D eigenvalue weighted by Crippen LogP contribution is 2.29. The van der Waals surface area contributed by atoms with Gasteiger partial charge in [-0.25, -0.2) is 9.67 Å². The largest absolute Gasteiger partial charge is 0.376 e. The van der Waals surface area contributed by atoms with Gasteiger partial charge < -0.3 is 14.4 Å². The molecule has 1 aromatic heterocycles. The van der Waals surface area contributed by atoms with Crippen LogP contribution in [0.1, 0.15) is 75.5 Å². The molecule has 3 fully saturated rings. The van der Waals surface area contributed by atoms with Crippen LogP contribution in [0.25, 0.3) is 0 Å². The lowest BCUT2D eigenvalue weighted by atomic mass is 9.94. The highest BCUT2D eigenvalue weighted by Gasteiger charge is 2.24. The summed E-state index contributed by atoms with van der Waals surface area (Å²) in [7, 11) is 2.22. The molecule has 2 aliphatic heterocycles. The Balaban J connectivity index is 1.39. The predicted molar refractivity (Wildman–Crippen MR) is 105 cm³/mol. The van der Waals surface area contributed by atoms with Crippen molar-refractivity contribution in [3.8, 4) is 0 Å². The molecule has 1 saturated carbocycles. The molecule has 0 spiro atoms. The van der Waals surface area contributed by atoms with Gasteiger partial charge >= 0.3 is 0 Å². The van der Waals surface area contributed by atoms with Crippen LogP contribution in [0.2, 0.25) is 0 Å². The third-order valence-corrected chi connectivity index (χ3v) is 6.53. The van der Waals surface area contributed by atoms with Gasteiger partial charge in [0.15, 0.2) is 11.6 Å². The minimum Gasteiger partial charge on any atom is -0.376 e. The summed E-state index contributed by atoms with van der Waals surface area (Å²) in [6, 6.07) is 0.513. The quantitative estimate of drug-likeness (QED) is 0.730. The third kappa shape index (κ3) is 5.30. The highest BCUT2D eigenvalue weighted by molar-refractivity contribution is 4.97. The Kier molecular flexibility index (Phi) is 6.79. The summed E-state index contributed by atoms with van der Waals surface area (Å²) in [5, 5.41) is 4.98. The summed E-state index contributed by atoms with van der Waals surface area (Å²) in [5.41, 5.74) is 0. The second-order valence-corrected chi connectivity index (χ2v) is 8.78. The van der Waals surface area contributed by atoms with Gasteiger partial charge in [0, 0.05) is 13.0 Å². The average molecular weight is 377 g/mol. The Hall–Kier alpha value is -0.980. The van der Waals surface area contributed by atoms with Crippen molar-refractivity contribution in [2.45, 2.75) is 83.0 Å². The predicted octanol–water partition coefficient (Wildman–Crippen LogP) is 3.36. The Morgan fingerprint density at radius 1 is 1.04 bits per heavy atom. The molecule has 1 atom stereocenters. The fourth-order valence-corrected chi connectivity index (χ4v) is 4.79. The van der Waals surface area contributed by atoms with Crippen LogP contribution in [0.15, 0.2) is 0 Å². The number of likely N-dealkylation sites (tertiary alicyclic amines) is 1. The van der Waals surface area contributed by atoms with E-state index < -0.39 is 0 Å². The van der Waals surface area contributed by atoms with Crippen LogP contribution in [0.4, 0.5) is 0 Å². The first kappa shape index (κ1) is 19.3. The molecule has 0 unspecified atom stereocenters. The molecule has 3 aliphatic rings. The van der Waals surface area contributed by atoms with E-state index in [1.165, 1.54) is 58.0 Å². The van der Waals surface area contributed by atoms with Crippen LogP contribution in [0, 0.1) is 5.92 Å². The van der Waals surface area contributed by atoms with E-state index in [1.54, 1.807) is 0 Å². The Labute approximate surface area is 163 Å². The molecule has 6 heteroatoms. The Bertz CT molecular complexity index is 571. The molecule has 0 amide bonds. The topological polar surface area (TPSA) is 52.4 Å². The smallest absolute Gasteiger partial charge is 0.153 e. The first-order valence-electron chi connectivity index (χ1n) is 11.1. The maximum absolute atomic E-state index is 6.00. The van der Waals surface area contributed by atoms with Crippen molar-refractivity contribution >= 4 is 0 Å². The lowest BCUT2D eigenvalue weighted by Crippen LogP contribution is -2.31. The first-order valence-corrected chi connectivity index (χ1v) is 11.1. The van der Waals surface area contributed by atoms with Crippen LogP contribution >= 0.6 is 0 Å². The van der Waals surface area contributed by atoms with Crippen molar-refractivity contribution in [1.29, 1.82) is 0 Å². The lowest BCUT2D eigenvalue weighted by Gasteiger charge is -2.28. The number of hydrogen-bond donors (Lipinski definition) is 0. The van der Waals surface area contributed by atoms with Crippen LogP contribution in [-0.4, -0.2) is 59.1 Å². The molecule has 2 saturated heterocycles.